The van der Waals surface area contributed by atoms with Crippen molar-refractivity contribution >= 4 is 22.6 Å². The van der Waals surface area contributed by atoms with Gasteiger partial charge in [0.2, 0.25) is 0 Å². The van der Waals surface area contributed by atoms with E-state index in [9.17, 15) is 8.42 Å². The molecule has 0 amide bonds. The predicted octanol–water partition coefficient (Wildman–Crippen LogP) is 0.712. The Hall–Kier alpha value is 0.120. The Labute approximate surface area is 111 Å². The molecule has 1 atom stereocenters. The summed E-state index contributed by atoms with van der Waals surface area (Å²) in [4.78, 5) is 0. The number of halogens is 1. The Morgan fingerprint density at radius 2 is 1.94 bits per heavy atom. The zero-order chi connectivity index (χ0) is 12.2. The van der Waals surface area contributed by atoms with E-state index >= 15 is 0 Å². The smallest absolute Gasteiger partial charge is 0.279 e. The van der Waals surface area contributed by atoms with Gasteiger partial charge in [-0.25, -0.2) is 0 Å². The minimum atomic E-state index is -3.36. The van der Waals surface area contributed by atoms with E-state index in [1.165, 1.54) is 17.1 Å². The van der Waals surface area contributed by atoms with E-state index < -0.39 is 10.2 Å². The standard InChI is InChI=1S/C10H23N3O2S.ClH/c1-3-13(2)16(14,15)12-10(8-11)9-6-4-5-7-9;/h9-10,12H,3-8,11H2,1-2H3;1H. The van der Waals surface area contributed by atoms with Gasteiger partial charge in [0.05, 0.1) is 0 Å². The minimum absolute atomic E-state index is 0. The van der Waals surface area contributed by atoms with E-state index in [0.29, 0.717) is 19.0 Å². The van der Waals surface area contributed by atoms with Crippen LogP contribution in [-0.4, -0.2) is 38.9 Å². The van der Waals surface area contributed by atoms with Crippen LogP contribution < -0.4 is 10.5 Å². The lowest BCUT2D eigenvalue weighted by Gasteiger charge is -2.25. The quantitative estimate of drug-likeness (QED) is 0.755. The molecule has 0 aromatic heterocycles. The minimum Gasteiger partial charge on any atom is -0.329 e. The fraction of sp³-hybridized carbons (Fsp3) is 1.00. The second kappa shape index (κ2) is 7.53. The molecule has 1 aliphatic rings. The van der Waals surface area contributed by atoms with Crippen molar-refractivity contribution in [2.75, 3.05) is 20.1 Å². The van der Waals surface area contributed by atoms with Gasteiger partial charge in [-0.2, -0.15) is 17.4 Å². The zero-order valence-electron chi connectivity index (χ0n) is 10.6. The Bertz CT molecular complexity index is 305. The van der Waals surface area contributed by atoms with E-state index in [2.05, 4.69) is 4.72 Å². The predicted molar refractivity (Wildman–Crippen MR) is 72.4 cm³/mol. The second-order valence-electron chi connectivity index (χ2n) is 4.42. The Kier molecular flexibility index (Phi) is 7.58. The average molecular weight is 286 g/mol. The molecule has 104 valence electrons. The second-order valence-corrected chi connectivity index (χ2v) is 6.23. The molecule has 17 heavy (non-hydrogen) atoms. The molecule has 0 saturated heterocycles. The van der Waals surface area contributed by atoms with Gasteiger partial charge in [0.15, 0.2) is 0 Å². The number of hydrogen-bond donors (Lipinski definition) is 2. The lowest BCUT2D eigenvalue weighted by Crippen LogP contribution is -2.49. The first-order chi connectivity index (χ1) is 7.51. The number of rotatable bonds is 6. The van der Waals surface area contributed by atoms with Gasteiger partial charge in [0.1, 0.15) is 0 Å². The van der Waals surface area contributed by atoms with Crippen LogP contribution in [0.4, 0.5) is 0 Å². The highest BCUT2D eigenvalue weighted by atomic mass is 35.5. The van der Waals surface area contributed by atoms with Crippen molar-refractivity contribution in [3.63, 3.8) is 0 Å². The van der Waals surface area contributed by atoms with E-state index in [-0.39, 0.29) is 18.4 Å². The third kappa shape index (κ3) is 4.71. The molecule has 0 heterocycles. The zero-order valence-corrected chi connectivity index (χ0v) is 12.2. The van der Waals surface area contributed by atoms with Crippen molar-refractivity contribution in [1.82, 2.24) is 9.03 Å². The summed E-state index contributed by atoms with van der Waals surface area (Å²) < 4.78 is 27.7. The first kappa shape index (κ1) is 17.1. The van der Waals surface area contributed by atoms with Gasteiger partial charge in [0.25, 0.3) is 10.2 Å². The molecule has 1 saturated carbocycles. The number of nitrogens with one attached hydrogen (secondary N) is 1. The van der Waals surface area contributed by atoms with Gasteiger partial charge in [-0.05, 0) is 18.8 Å². The van der Waals surface area contributed by atoms with E-state index in [0.717, 1.165) is 12.8 Å². The SMILES string of the molecule is CCN(C)S(=O)(=O)NC(CN)C1CCCC1.Cl. The Morgan fingerprint density at radius 1 is 1.41 bits per heavy atom. The van der Waals surface area contributed by atoms with Gasteiger partial charge in [0, 0.05) is 26.2 Å². The maximum atomic E-state index is 11.8. The normalized spacial score (nSPS) is 19.3. The summed E-state index contributed by atoms with van der Waals surface area (Å²) in [6.07, 6.45) is 4.54. The highest BCUT2D eigenvalue weighted by Gasteiger charge is 2.28. The summed E-state index contributed by atoms with van der Waals surface area (Å²) in [6, 6.07) is -0.110. The molecule has 1 fully saturated rings. The molecule has 3 N–H and O–H groups in total. The van der Waals surface area contributed by atoms with Crippen LogP contribution >= 0.6 is 12.4 Å². The van der Waals surface area contributed by atoms with Crippen LogP contribution in [0.25, 0.3) is 0 Å². The van der Waals surface area contributed by atoms with E-state index in [4.69, 9.17) is 5.73 Å². The van der Waals surface area contributed by atoms with Crippen LogP contribution in [0.2, 0.25) is 0 Å². The number of hydrogen-bond acceptors (Lipinski definition) is 3. The van der Waals surface area contributed by atoms with Gasteiger partial charge in [-0.1, -0.05) is 19.8 Å². The summed E-state index contributed by atoms with van der Waals surface area (Å²) in [6.45, 7) is 2.66. The monoisotopic (exact) mass is 285 g/mol. The highest BCUT2D eigenvalue weighted by molar-refractivity contribution is 7.87. The molecule has 1 aliphatic carbocycles. The van der Waals surface area contributed by atoms with Crippen molar-refractivity contribution in [2.45, 2.75) is 38.6 Å². The summed E-state index contributed by atoms with van der Waals surface area (Å²) in [7, 11) is -1.78. The van der Waals surface area contributed by atoms with Crippen LogP contribution in [0.3, 0.4) is 0 Å². The van der Waals surface area contributed by atoms with Gasteiger partial charge >= 0.3 is 0 Å². The molecule has 0 aromatic rings. The number of nitrogens with two attached hydrogens (primary N) is 1. The molecule has 5 nitrogen and oxygen atoms in total. The van der Waals surface area contributed by atoms with Crippen LogP contribution in [0, 0.1) is 5.92 Å². The number of nitrogens with zero attached hydrogens (tertiary/aromatic N) is 1. The lowest BCUT2D eigenvalue weighted by molar-refractivity contribution is 0.388. The Morgan fingerprint density at radius 3 is 2.35 bits per heavy atom. The van der Waals surface area contributed by atoms with Crippen molar-refractivity contribution < 1.29 is 8.42 Å². The average Bonchev–Trinajstić information content (AvgIpc) is 2.78. The van der Waals surface area contributed by atoms with Crippen molar-refractivity contribution in [2.24, 2.45) is 11.7 Å². The molecule has 0 spiro atoms. The lowest BCUT2D eigenvalue weighted by atomic mass is 9.99. The fourth-order valence-corrected chi connectivity index (χ4v) is 3.34. The molecular weight excluding hydrogens is 262 g/mol. The first-order valence-electron chi connectivity index (χ1n) is 5.95. The molecule has 0 aromatic carbocycles. The fourth-order valence-electron chi connectivity index (χ4n) is 2.15. The molecule has 0 radical (unpaired) electrons. The van der Waals surface area contributed by atoms with E-state index in [1.54, 1.807) is 7.05 Å². The summed E-state index contributed by atoms with van der Waals surface area (Å²) in [5.74, 6) is 0.407. The van der Waals surface area contributed by atoms with Crippen LogP contribution in [-0.2, 0) is 10.2 Å². The van der Waals surface area contributed by atoms with Gasteiger partial charge in [-0.15, -0.1) is 12.4 Å². The van der Waals surface area contributed by atoms with Crippen molar-refractivity contribution in [1.29, 1.82) is 0 Å². The third-order valence-corrected chi connectivity index (χ3v) is 5.06. The molecule has 0 bridgehead atoms. The van der Waals surface area contributed by atoms with Gasteiger partial charge < -0.3 is 5.73 Å². The highest BCUT2D eigenvalue weighted by Crippen LogP contribution is 2.27. The maximum Gasteiger partial charge on any atom is 0.279 e. The molecular formula is C10H24ClN3O2S. The molecule has 7 heteroatoms. The molecule has 1 unspecified atom stereocenters. The Balaban J connectivity index is 0.00000256. The van der Waals surface area contributed by atoms with Crippen LogP contribution in [0.15, 0.2) is 0 Å². The summed E-state index contributed by atoms with van der Waals surface area (Å²) in [5.41, 5.74) is 5.66. The summed E-state index contributed by atoms with van der Waals surface area (Å²) in [5, 5.41) is 0. The van der Waals surface area contributed by atoms with Crippen LogP contribution in [0.1, 0.15) is 32.6 Å². The van der Waals surface area contributed by atoms with Crippen LogP contribution in [0.5, 0.6) is 0 Å². The topological polar surface area (TPSA) is 75.4 Å². The van der Waals surface area contributed by atoms with Gasteiger partial charge in [-0.3, -0.25) is 0 Å². The van der Waals surface area contributed by atoms with E-state index in [1.807, 2.05) is 6.92 Å². The van der Waals surface area contributed by atoms with Crippen molar-refractivity contribution in [3.8, 4) is 0 Å². The first-order valence-corrected chi connectivity index (χ1v) is 7.39. The largest absolute Gasteiger partial charge is 0.329 e. The molecule has 1 rings (SSSR count). The maximum absolute atomic E-state index is 11.8. The molecule has 0 aliphatic heterocycles. The summed E-state index contributed by atoms with van der Waals surface area (Å²) >= 11 is 0. The third-order valence-electron chi connectivity index (χ3n) is 3.38. The van der Waals surface area contributed by atoms with Crippen molar-refractivity contribution in [3.05, 3.63) is 0 Å².